The molecule has 0 aromatic carbocycles. The van der Waals surface area contributed by atoms with Crippen LogP contribution >= 0.6 is 0 Å². The molecular formula is C12H17N5O3. The SMILES string of the molecule is CC1(C)OCC(COn2cnc3cnc(N)nc32)CO1. The highest BCUT2D eigenvalue weighted by Gasteiger charge is 2.28. The third-order valence-electron chi connectivity index (χ3n) is 3.06. The molecule has 0 saturated carbocycles. The van der Waals surface area contributed by atoms with E-state index in [2.05, 4.69) is 15.0 Å². The Bertz CT molecular complexity index is 602. The topological polar surface area (TPSA) is 97.3 Å². The van der Waals surface area contributed by atoms with Crippen molar-refractivity contribution in [1.82, 2.24) is 19.7 Å². The Labute approximate surface area is 115 Å². The molecule has 108 valence electrons. The van der Waals surface area contributed by atoms with Gasteiger partial charge in [0.15, 0.2) is 5.79 Å². The van der Waals surface area contributed by atoms with E-state index in [4.69, 9.17) is 20.0 Å². The highest BCUT2D eigenvalue weighted by Crippen LogP contribution is 2.20. The summed E-state index contributed by atoms with van der Waals surface area (Å²) in [6.07, 6.45) is 3.11. The molecule has 1 saturated heterocycles. The summed E-state index contributed by atoms with van der Waals surface area (Å²) >= 11 is 0. The van der Waals surface area contributed by atoms with Crippen LogP contribution in [0.4, 0.5) is 5.95 Å². The van der Waals surface area contributed by atoms with Crippen molar-refractivity contribution in [2.45, 2.75) is 19.6 Å². The van der Waals surface area contributed by atoms with E-state index >= 15 is 0 Å². The lowest BCUT2D eigenvalue weighted by molar-refractivity contribution is -0.266. The number of ether oxygens (including phenoxy) is 2. The number of rotatable bonds is 3. The Morgan fingerprint density at radius 3 is 2.90 bits per heavy atom. The van der Waals surface area contributed by atoms with Crippen LogP contribution in [-0.4, -0.2) is 45.3 Å². The second-order valence-electron chi connectivity index (χ2n) is 5.19. The van der Waals surface area contributed by atoms with Crippen molar-refractivity contribution in [2.24, 2.45) is 5.92 Å². The number of nitrogen functional groups attached to an aromatic ring is 1. The third kappa shape index (κ3) is 2.66. The maximum atomic E-state index is 5.67. The van der Waals surface area contributed by atoms with Crippen LogP contribution in [0.2, 0.25) is 0 Å². The zero-order chi connectivity index (χ0) is 14.2. The molecule has 2 N–H and O–H groups in total. The van der Waals surface area contributed by atoms with Crippen molar-refractivity contribution < 1.29 is 14.3 Å². The smallest absolute Gasteiger partial charge is 0.222 e. The lowest BCUT2D eigenvalue weighted by atomic mass is 10.1. The van der Waals surface area contributed by atoms with Gasteiger partial charge < -0.3 is 20.0 Å². The van der Waals surface area contributed by atoms with Crippen molar-refractivity contribution in [3.05, 3.63) is 12.5 Å². The molecule has 0 radical (unpaired) electrons. The zero-order valence-corrected chi connectivity index (χ0v) is 11.4. The van der Waals surface area contributed by atoms with E-state index in [1.165, 1.54) is 4.73 Å². The van der Waals surface area contributed by atoms with Gasteiger partial charge in [-0.2, -0.15) is 9.71 Å². The Balaban J connectivity index is 1.64. The summed E-state index contributed by atoms with van der Waals surface area (Å²) in [5, 5.41) is 0. The molecule has 0 atom stereocenters. The molecule has 2 aromatic rings. The van der Waals surface area contributed by atoms with Crippen LogP contribution in [0.5, 0.6) is 0 Å². The van der Waals surface area contributed by atoms with Crippen molar-refractivity contribution in [3.63, 3.8) is 0 Å². The van der Waals surface area contributed by atoms with E-state index in [0.717, 1.165) is 0 Å². The highest BCUT2D eigenvalue weighted by atomic mass is 16.7. The molecule has 8 nitrogen and oxygen atoms in total. The molecule has 1 aliphatic heterocycles. The van der Waals surface area contributed by atoms with Crippen LogP contribution in [-0.2, 0) is 9.47 Å². The minimum atomic E-state index is -0.514. The lowest BCUT2D eigenvalue weighted by Crippen LogP contribution is -2.41. The van der Waals surface area contributed by atoms with Gasteiger partial charge in [-0.25, -0.2) is 9.97 Å². The van der Waals surface area contributed by atoms with E-state index in [1.54, 1.807) is 12.5 Å². The van der Waals surface area contributed by atoms with Crippen LogP contribution in [0.3, 0.4) is 0 Å². The van der Waals surface area contributed by atoms with Gasteiger partial charge in [0.05, 0.1) is 19.4 Å². The maximum Gasteiger partial charge on any atom is 0.222 e. The number of fused-ring (bicyclic) bond motifs is 1. The number of nitrogens with zero attached hydrogens (tertiary/aromatic N) is 4. The minimum absolute atomic E-state index is 0.166. The average Bonchev–Trinajstić information content (AvgIpc) is 2.80. The largest absolute Gasteiger partial charge is 0.410 e. The Morgan fingerprint density at radius 2 is 2.15 bits per heavy atom. The first-order valence-electron chi connectivity index (χ1n) is 6.40. The van der Waals surface area contributed by atoms with Crippen molar-refractivity contribution >= 4 is 17.1 Å². The molecule has 0 unspecified atom stereocenters. The molecule has 0 spiro atoms. The zero-order valence-electron chi connectivity index (χ0n) is 11.4. The summed E-state index contributed by atoms with van der Waals surface area (Å²) in [7, 11) is 0. The summed E-state index contributed by atoms with van der Waals surface area (Å²) in [5.41, 5.74) is 6.75. The molecule has 8 heteroatoms. The maximum absolute atomic E-state index is 5.67. The Hall–Kier alpha value is -1.93. The minimum Gasteiger partial charge on any atom is -0.410 e. The fourth-order valence-corrected chi connectivity index (χ4v) is 1.91. The molecule has 0 amide bonds. The number of imidazole rings is 1. The first-order valence-corrected chi connectivity index (χ1v) is 6.40. The van der Waals surface area contributed by atoms with Gasteiger partial charge in [0, 0.05) is 5.92 Å². The summed E-state index contributed by atoms with van der Waals surface area (Å²) in [4.78, 5) is 17.8. The van der Waals surface area contributed by atoms with E-state index in [-0.39, 0.29) is 11.9 Å². The summed E-state index contributed by atoms with van der Waals surface area (Å²) in [6.45, 7) is 5.43. The van der Waals surface area contributed by atoms with Crippen LogP contribution in [0.15, 0.2) is 12.5 Å². The predicted molar refractivity (Wildman–Crippen MR) is 70.7 cm³/mol. The van der Waals surface area contributed by atoms with Crippen LogP contribution < -0.4 is 10.6 Å². The van der Waals surface area contributed by atoms with Crippen LogP contribution in [0.25, 0.3) is 11.2 Å². The van der Waals surface area contributed by atoms with Gasteiger partial charge in [-0.3, -0.25) is 0 Å². The second-order valence-corrected chi connectivity index (χ2v) is 5.19. The molecule has 0 bridgehead atoms. The van der Waals surface area contributed by atoms with Crippen LogP contribution in [0.1, 0.15) is 13.8 Å². The fourth-order valence-electron chi connectivity index (χ4n) is 1.91. The molecule has 3 heterocycles. The molecule has 20 heavy (non-hydrogen) atoms. The normalized spacial score (nSPS) is 19.3. The predicted octanol–water partition coefficient (Wildman–Crippen LogP) is 0.236. The first-order chi connectivity index (χ1) is 9.53. The highest BCUT2D eigenvalue weighted by molar-refractivity contribution is 5.70. The lowest BCUT2D eigenvalue weighted by Gasteiger charge is -2.34. The standard InChI is InChI=1S/C12H17N5O3/c1-12(2)18-4-8(5-19-12)6-20-17-7-15-9-3-14-11(13)16-10(9)17/h3,7-8H,4-6H2,1-2H3,(H2,13,14,16). The number of hydrogen-bond donors (Lipinski definition) is 1. The van der Waals surface area contributed by atoms with Gasteiger partial charge in [-0.1, -0.05) is 0 Å². The van der Waals surface area contributed by atoms with Gasteiger partial charge in [0.25, 0.3) is 0 Å². The Morgan fingerprint density at radius 1 is 1.40 bits per heavy atom. The second kappa shape index (κ2) is 4.88. The number of nitrogens with two attached hydrogens (primary N) is 1. The summed E-state index contributed by atoms with van der Waals surface area (Å²) < 4.78 is 12.7. The summed E-state index contributed by atoms with van der Waals surface area (Å²) in [6, 6.07) is 0. The van der Waals surface area contributed by atoms with Gasteiger partial charge in [0.2, 0.25) is 11.6 Å². The molecular weight excluding hydrogens is 262 g/mol. The Kier molecular flexibility index (Phi) is 3.19. The van der Waals surface area contributed by atoms with Gasteiger partial charge in [0.1, 0.15) is 18.5 Å². The van der Waals surface area contributed by atoms with E-state index < -0.39 is 5.79 Å². The van der Waals surface area contributed by atoms with Crippen molar-refractivity contribution in [2.75, 3.05) is 25.6 Å². The van der Waals surface area contributed by atoms with Gasteiger partial charge >= 0.3 is 0 Å². The van der Waals surface area contributed by atoms with Crippen molar-refractivity contribution in [3.8, 4) is 0 Å². The monoisotopic (exact) mass is 279 g/mol. The number of anilines is 1. The molecule has 2 aromatic heterocycles. The number of hydrogen-bond acceptors (Lipinski definition) is 7. The third-order valence-corrected chi connectivity index (χ3v) is 3.06. The molecule has 3 rings (SSSR count). The van der Waals surface area contributed by atoms with Gasteiger partial charge in [-0.05, 0) is 13.8 Å². The fraction of sp³-hybridized carbons (Fsp3) is 0.583. The molecule has 0 aliphatic carbocycles. The summed E-state index contributed by atoms with van der Waals surface area (Å²) in [5.74, 6) is -0.159. The molecule has 1 aliphatic rings. The molecule has 1 fully saturated rings. The van der Waals surface area contributed by atoms with Crippen LogP contribution in [0, 0.1) is 5.92 Å². The van der Waals surface area contributed by atoms with Crippen molar-refractivity contribution in [1.29, 1.82) is 0 Å². The number of aromatic nitrogens is 4. The average molecular weight is 279 g/mol. The quantitative estimate of drug-likeness (QED) is 0.859. The first kappa shape index (κ1) is 13.1. The van der Waals surface area contributed by atoms with E-state index in [9.17, 15) is 0 Å². The van der Waals surface area contributed by atoms with E-state index in [1.807, 2.05) is 13.8 Å². The van der Waals surface area contributed by atoms with Gasteiger partial charge in [-0.15, -0.1) is 0 Å². The van der Waals surface area contributed by atoms with E-state index in [0.29, 0.717) is 31.0 Å².